The number of rotatable bonds is 2. The molecule has 8 heteroatoms. The first-order valence-corrected chi connectivity index (χ1v) is 9.25. The summed E-state index contributed by atoms with van der Waals surface area (Å²) in [6, 6.07) is 1.16. The normalized spacial score (nSPS) is 27.2. The molecular weight excluding hydrogens is 337 g/mol. The molecule has 2 saturated heterocycles. The predicted molar refractivity (Wildman–Crippen MR) is 93.9 cm³/mol. The molecule has 2 aromatic rings. The number of hydrogen-bond donors (Lipinski definition) is 1. The van der Waals surface area contributed by atoms with Gasteiger partial charge in [0.25, 0.3) is 0 Å². The quantitative estimate of drug-likeness (QED) is 0.875. The third-order valence-corrected chi connectivity index (χ3v) is 5.62. The Labute approximate surface area is 150 Å². The number of aromatic nitrogens is 3. The van der Waals surface area contributed by atoms with E-state index in [1.54, 1.807) is 6.92 Å². The molecule has 3 unspecified atom stereocenters. The standard InChI is InChI=1S/C18H22FN5O2/c1-3-26-18-22-16-14-12(20-9(2)15(16)19)7-25-8-13-11-5-4-10(21-11)6-24(13)17(14)23-18/h10-11,13,21H,3-8H2,1-2H3. The van der Waals surface area contributed by atoms with Crippen molar-refractivity contribution >= 4 is 16.7 Å². The molecule has 2 aromatic heterocycles. The minimum absolute atomic E-state index is 0.166. The van der Waals surface area contributed by atoms with Gasteiger partial charge in [-0.3, -0.25) is 4.98 Å². The summed E-state index contributed by atoms with van der Waals surface area (Å²) >= 11 is 0. The lowest BCUT2D eigenvalue weighted by Gasteiger charge is -2.42. The van der Waals surface area contributed by atoms with Crippen molar-refractivity contribution in [1.29, 1.82) is 0 Å². The molecule has 3 aliphatic heterocycles. The molecule has 3 aliphatic rings. The number of halogens is 1. The highest BCUT2D eigenvalue weighted by Gasteiger charge is 2.42. The van der Waals surface area contributed by atoms with Crippen molar-refractivity contribution in [1.82, 2.24) is 20.3 Å². The van der Waals surface area contributed by atoms with Gasteiger partial charge in [0.05, 0.1) is 42.6 Å². The zero-order valence-electron chi connectivity index (χ0n) is 15.0. The predicted octanol–water partition coefficient (Wildman–Crippen LogP) is 1.71. The van der Waals surface area contributed by atoms with Gasteiger partial charge in [0.1, 0.15) is 11.3 Å². The van der Waals surface area contributed by atoms with Gasteiger partial charge < -0.3 is 19.7 Å². The smallest absolute Gasteiger partial charge is 0.319 e. The van der Waals surface area contributed by atoms with Crippen LogP contribution in [-0.2, 0) is 11.3 Å². The van der Waals surface area contributed by atoms with E-state index in [9.17, 15) is 4.39 Å². The number of aryl methyl sites for hydroxylation is 1. The Morgan fingerprint density at radius 3 is 3.04 bits per heavy atom. The topological polar surface area (TPSA) is 72.4 Å². The number of ether oxygens (including phenoxy) is 2. The van der Waals surface area contributed by atoms with Crippen LogP contribution in [-0.4, -0.2) is 52.8 Å². The van der Waals surface area contributed by atoms with Crippen LogP contribution >= 0.6 is 0 Å². The molecule has 0 spiro atoms. The van der Waals surface area contributed by atoms with Crippen LogP contribution in [0.2, 0.25) is 0 Å². The molecule has 1 N–H and O–H groups in total. The third kappa shape index (κ3) is 2.35. The third-order valence-electron chi connectivity index (χ3n) is 5.62. The summed E-state index contributed by atoms with van der Waals surface area (Å²) < 4.78 is 26.4. The molecule has 2 bridgehead atoms. The summed E-state index contributed by atoms with van der Waals surface area (Å²) in [5, 5.41) is 4.32. The molecule has 5 heterocycles. The Kier molecular flexibility index (Phi) is 3.72. The fourth-order valence-corrected chi connectivity index (χ4v) is 4.45. The van der Waals surface area contributed by atoms with Gasteiger partial charge in [0.15, 0.2) is 5.82 Å². The first-order chi connectivity index (χ1) is 12.7. The highest BCUT2D eigenvalue weighted by molar-refractivity contribution is 5.93. The highest BCUT2D eigenvalue weighted by Crippen LogP contribution is 2.37. The van der Waals surface area contributed by atoms with Crippen LogP contribution in [0.4, 0.5) is 10.2 Å². The Hall–Kier alpha value is -2.06. The summed E-state index contributed by atoms with van der Waals surface area (Å²) in [6.07, 6.45) is 2.26. The molecule has 0 saturated carbocycles. The fraction of sp³-hybridized carbons (Fsp3) is 0.611. The van der Waals surface area contributed by atoms with Crippen LogP contribution in [0.25, 0.3) is 10.9 Å². The van der Waals surface area contributed by atoms with Gasteiger partial charge in [-0.05, 0) is 26.7 Å². The minimum Gasteiger partial charge on any atom is -0.464 e. The molecular formula is C18H22FN5O2. The van der Waals surface area contributed by atoms with Crippen molar-refractivity contribution < 1.29 is 13.9 Å². The lowest BCUT2D eigenvalue weighted by Crippen LogP contribution is -2.60. The molecule has 7 nitrogen and oxygen atoms in total. The largest absolute Gasteiger partial charge is 0.464 e. The number of nitrogens with zero attached hydrogens (tertiary/aromatic N) is 4. The van der Waals surface area contributed by atoms with Crippen molar-refractivity contribution in [3.63, 3.8) is 0 Å². The van der Waals surface area contributed by atoms with E-state index in [1.165, 1.54) is 0 Å². The lowest BCUT2D eigenvalue weighted by atomic mass is 10.0. The van der Waals surface area contributed by atoms with Gasteiger partial charge in [-0.25, -0.2) is 4.39 Å². The number of nitrogens with one attached hydrogen (secondary N) is 1. The highest BCUT2D eigenvalue weighted by atomic mass is 19.1. The van der Waals surface area contributed by atoms with Crippen molar-refractivity contribution in [2.75, 3.05) is 24.7 Å². The van der Waals surface area contributed by atoms with Crippen molar-refractivity contribution in [3.8, 4) is 6.01 Å². The summed E-state index contributed by atoms with van der Waals surface area (Å²) in [7, 11) is 0. The van der Waals surface area contributed by atoms with Gasteiger partial charge in [-0.2, -0.15) is 9.97 Å². The van der Waals surface area contributed by atoms with Crippen LogP contribution < -0.4 is 15.0 Å². The van der Waals surface area contributed by atoms with E-state index >= 15 is 0 Å². The number of piperazine rings is 1. The summed E-state index contributed by atoms with van der Waals surface area (Å²) in [5.74, 6) is 0.315. The number of pyridine rings is 1. The van der Waals surface area contributed by atoms with Crippen LogP contribution in [0.1, 0.15) is 31.2 Å². The Balaban J connectivity index is 1.77. The fourth-order valence-electron chi connectivity index (χ4n) is 4.45. The second-order valence-electron chi connectivity index (χ2n) is 7.23. The van der Waals surface area contributed by atoms with E-state index in [4.69, 9.17) is 9.47 Å². The van der Waals surface area contributed by atoms with Crippen LogP contribution in [0.3, 0.4) is 0 Å². The molecule has 0 radical (unpaired) electrons. The van der Waals surface area contributed by atoms with Gasteiger partial charge in [0, 0.05) is 18.6 Å². The maximum absolute atomic E-state index is 14.9. The molecule has 0 aliphatic carbocycles. The SMILES string of the molecule is CCOc1nc2c3c(nc(C)c(F)c3n1)COCC1C3CCC(CN21)N3. The van der Waals surface area contributed by atoms with Gasteiger partial charge in [-0.15, -0.1) is 0 Å². The van der Waals surface area contributed by atoms with Gasteiger partial charge in [0.2, 0.25) is 0 Å². The zero-order chi connectivity index (χ0) is 17.8. The monoisotopic (exact) mass is 359 g/mol. The van der Waals surface area contributed by atoms with E-state index in [0.717, 1.165) is 25.2 Å². The minimum atomic E-state index is -0.413. The molecule has 0 aromatic carbocycles. The number of anilines is 1. The molecule has 5 rings (SSSR count). The molecule has 3 atom stereocenters. The maximum atomic E-state index is 14.9. The van der Waals surface area contributed by atoms with Crippen molar-refractivity contribution in [3.05, 3.63) is 17.2 Å². The first-order valence-electron chi connectivity index (χ1n) is 9.25. The molecule has 138 valence electrons. The maximum Gasteiger partial charge on any atom is 0.319 e. The van der Waals surface area contributed by atoms with Crippen LogP contribution in [0.5, 0.6) is 6.01 Å². The van der Waals surface area contributed by atoms with E-state index in [0.29, 0.717) is 48.7 Å². The zero-order valence-corrected chi connectivity index (χ0v) is 15.0. The lowest BCUT2D eigenvalue weighted by molar-refractivity contribution is 0.0895. The molecule has 26 heavy (non-hydrogen) atoms. The van der Waals surface area contributed by atoms with Crippen LogP contribution in [0.15, 0.2) is 0 Å². The van der Waals surface area contributed by atoms with E-state index < -0.39 is 5.82 Å². The van der Waals surface area contributed by atoms with E-state index in [2.05, 4.69) is 25.2 Å². The second-order valence-corrected chi connectivity index (χ2v) is 7.23. The Morgan fingerprint density at radius 2 is 2.19 bits per heavy atom. The molecule has 2 fully saturated rings. The number of fused-ring (bicyclic) bond motifs is 5. The summed E-state index contributed by atoms with van der Waals surface area (Å²) in [5.41, 5.74) is 1.29. The number of hydrogen-bond acceptors (Lipinski definition) is 7. The first kappa shape index (κ1) is 16.1. The Morgan fingerprint density at radius 1 is 1.31 bits per heavy atom. The second kappa shape index (κ2) is 5.99. The van der Waals surface area contributed by atoms with Crippen molar-refractivity contribution in [2.24, 2.45) is 0 Å². The average Bonchev–Trinajstić information content (AvgIpc) is 3.01. The summed E-state index contributed by atoms with van der Waals surface area (Å²) in [4.78, 5) is 15.7. The van der Waals surface area contributed by atoms with Gasteiger partial charge >= 0.3 is 6.01 Å². The van der Waals surface area contributed by atoms with E-state index in [-0.39, 0.29) is 17.6 Å². The van der Waals surface area contributed by atoms with Gasteiger partial charge in [-0.1, -0.05) is 0 Å². The van der Waals surface area contributed by atoms with Crippen LogP contribution in [0, 0.1) is 12.7 Å². The van der Waals surface area contributed by atoms with Crippen molar-refractivity contribution in [2.45, 2.75) is 51.4 Å². The average molecular weight is 359 g/mol. The Bertz CT molecular complexity index is 877. The molecule has 0 amide bonds. The van der Waals surface area contributed by atoms with E-state index in [1.807, 2.05) is 6.92 Å². The summed E-state index contributed by atoms with van der Waals surface area (Å²) in [6.45, 7) is 5.71.